The molecule has 0 aliphatic carbocycles. The molecule has 1 aromatic carbocycles. The first-order chi connectivity index (χ1) is 17.3. The van der Waals surface area contributed by atoms with E-state index in [4.69, 9.17) is 24.7 Å². The summed E-state index contributed by atoms with van der Waals surface area (Å²) < 4.78 is 7.72. The van der Waals surface area contributed by atoms with E-state index in [1.54, 1.807) is 18.6 Å². The van der Waals surface area contributed by atoms with Crippen molar-refractivity contribution < 1.29 is 4.74 Å². The van der Waals surface area contributed by atoms with E-state index < -0.39 is 0 Å². The van der Waals surface area contributed by atoms with Crippen molar-refractivity contribution in [2.75, 3.05) is 31.2 Å². The van der Waals surface area contributed by atoms with E-state index in [0.29, 0.717) is 37.1 Å². The zero-order chi connectivity index (χ0) is 23.6. The predicted molar refractivity (Wildman–Crippen MR) is 134 cm³/mol. The molecular weight excluding hydrogens is 440 g/mol. The average molecular weight is 465 g/mol. The summed E-state index contributed by atoms with van der Waals surface area (Å²) in [6, 6.07) is 15.7. The van der Waals surface area contributed by atoms with Gasteiger partial charge in [-0.2, -0.15) is 0 Å². The minimum atomic E-state index is 0.550. The molecule has 0 spiro atoms. The van der Waals surface area contributed by atoms with Crippen LogP contribution in [0, 0.1) is 0 Å². The lowest BCUT2D eigenvalue weighted by molar-refractivity contribution is 0.122. The van der Waals surface area contributed by atoms with Crippen LogP contribution in [-0.4, -0.2) is 60.8 Å². The second-order valence-corrected chi connectivity index (χ2v) is 8.19. The number of pyridine rings is 1. The lowest BCUT2D eigenvalue weighted by Crippen LogP contribution is -2.37. The van der Waals surface area contributed by atoms with Crippen molar-refractivity contribution in [1.29, 1.82) is 0 Å². The van der Waals surface area contributed by atoms with E-state index in [0.717, 1.165) is 47.0 Å². The Morgan fingerprint density at radius 2 is 1.60 bits per heavy atom. The topological polar surface area (TPSA) is 94.7 Å². The fraction of sp³-hybridized carbons (Fsp3) is 0.231. The lowest BCUT2D eigenvalue weighted by Gasteiger charge is -2.28. The molecule has 1 saturated heterocycles. The van der Waals surface area contributed by atoms with Crippen LogP contribution >= 0.6 is 0 Å². The Morgan fingerprint density at radius 3 is 2.37 bits per heavy atom. The number of fused-ring (bicyclic) bond motifs is 1. The monoisotopic (exact) mass is 464 g/mol. The standard InChI is InChI=1S/C26H24N8O/c1-2-34-24(19-8-11-27-12-9-19)30-21-25(33-14-16-35-17-15-33)31-23(32-26(21)34)20-10-13-28-22(29-20)18-6-4-3-5-7-18/h3-13H,2,14-17H2,1H3. The van der Waals surface area contributed by atoms with Crippen LogP contribution in [-0.2, 0) is 11.3 Å². The molecular formula is C26H24N8O. The number of morpholine rings is 1. The number of ether oxygens (including phenoxy) is 1. The summed E-state index contributed by atoms with van der Waals surface area (Å²) in [6.07, 6.45) is 5.31. The number of benzene rings is 1. The van der Waals surface area contributed by atoms with E-state index in [9.17, 15) is 0 Å². The molecule has 174 valence electrons. The average Bonchev–Trinajstić information content (AvgIpc) is 3.33. The van der Waals surface area contributed by atoms with Gasteiger partial charge in [0.1, 0.15) is 11.5 Å². The zero-order valence-electron chi connectivity index (χ0n) is 19.4. The van der Waals surface area contributed by atoms with Gasteiger partial charge in [-0.3, -0.25) is 4.98 Å². The van der Waals surface area contributed by atoms with Crippen LogP contribution < -0.4 is 4.90 Å². The molecule has 0 saturated carbocycles. The summed E-state index contributed by atoms with van der Waals surface area (Å²) in [5.74, 6) is 2.84. The molecule has 35 heavy (non-hydrogen) atoms. The molecule has 5 heterocycles. The van der Waals surface area contributed by atoms with Crippen molar-refractivity contribution in [3.05, 3.63) is 67.1 Å². The van der Waals surface area contributed by atoms with Crippen molar-refractivity contribution in [2.45, 2.75) is 13.5 Å². The molecule has 0 radical (unpaired) electrons. The number of anilines is 1. The van der Waals surface area contributed by atoms with Gasteiger partial charge in [0.25, 0.3) is 0 Å². The molecule has 0 unspecified atom stereocenters. The van der Waals surface area contributed by atoms with Crippen LogP contribution in [0.1, 0.15) is 6.92 Å². The SMILES string of the molecule is CCn1c(-c2ccncc2)nc2c(N3CCOCC3)nc(-c3ccnc(-c4ccccc4)n3)nc21. The van der Waals surface area contributed by atoms with Crippen molar-refractivity contribution in [1.82, 2.24) is 34.5 Å². The Morgan fingerprint density at radius 1 is 0.800 bits per heavy atom. The summed E-state index contributed by atoms with van der Waals surface area (Å²) in [5, 5.41) is 0. The van der Waals surface area contributed by atoms with Gasteiger partial charge in [-0.25, -0.2) is 24.9 Å². The fourth-order valence-corrected chi connectivity index (χ4v) is 4.33. The van der Waals surface area contributed by atoms with Crippen LogP contribution in [0.5, 0.6) is 0 Å². The van der Waals surface area contributed by atoms with Crippen LogP contribution in [0.4, 0.5) is 5.82 Å². The maximum Gasteiger partial charge on any atom is 0.182 e. The Labute approximate surface area is 202 Å². The van der Waals surface area contributed by atoms with Crippen molar-refractivity contribution in [3.8, 4) is 34.3 Å². The maximum absolute atomic E-state index is 5.59. The normalized spacial score (nSPS) is 13.9. The molecule has 1 aliphatic heterocycles. The third-order valence-electron chi connectivity index (χ3n) is 6.06. The predicted octanol–water partition coefficient (Wildman–Crippen LogP) is 3.87. The first kappa shape index (κ1) is 21.3. The van der Waals surface area contributed by atoms with Gasteiger partial charge < -0.3 is 14.2 Å². The van der Waals surface area contributed by atoms with Crippen LogP contribution in [0.25, 0.3) is 45.5 Å². The molecule has 0 atom stereocenters. The van der Waals surface area contributed by atoms with Gasteiger partial charge in [-0.1, -0.05) is 30.3 Å². The number of aryl methyl sites for hydroxylation is 1. The Kier molecular flexibility index (Phi) is 5.59. The summed E-state index contributed by atoms with van der Waals surface area (Å²) in [7, 11) is 0. The minimum absolute atomic E-state index is 0.550. The largest absolute Gasteiger partial charge is 0.378 e. The Bertz CT molecular complexity index is 1460. The van der Waals surface area contributed by atoms with Crippen molar-refractivity contribution >= 4 is 17.0 Å². The van der Waals surface area contributed by atoms with E-state index in [1.165, 1.54) is 0 Å². The van der Waals surface area contributed by atoms with Crippen LogP contribution in [0.2, 0.25) is 0 Å². The smallest absolute Gasteiger partial charge is 0.182 e. The third-order valence-corrected chi connectivity index (χ3v) is 6.06. The molecule has 0 N–H and O–H groups in total. The molecule has 1 aliphatic rings. The molecule has 0 amide bonds. The second kappa shape index (κ2) is 9.19. The van der Waals surface area contributed by atoms with Crippen molar-refractivity contribution in [3.63, 3.8) is 0 Å². The highest BCUT2D eigenvalue weighted by atomic mass is 16.5. The van der Waals surface area contributed by atoms with Crippen LogP contribution in [0.3, 0.4) is 0 Å². The molecule has 9 heteroatoms. The summed E-state index contributed by atoms with van der Waals surface area (Å²) in [6.45, 7) is 5.60. The second-order valence-electron chi connectivity index (χ2n) is 8.19. The van der Waals surface area contributed by atoms with Gasteiger partial charge in [0.2, 0.25) is 0 Å². The summed E-state index contributed by atoms with van der Waals surface area (Å²) in [4.78, 5) is 30.7. The van der Waals surface area contributed by atoms with E-state index in [2.05, 4.69) is 26.4 Å². The van der Waals surface area contributed by atoms with Gasteiger partial charge in [-0.05, 0) is 25.1 Å². The van der Waals surface area contributed by atoms with Gasteiger partial charge in [0, 0.05) is 49.4 Å². The first-order valence-corrected chi connectivity index (χ1v) is 11.7. The number of hydrogen-bond acceptors (Lipinski definition) is 8. The lowest BCUT2D eigenvalue weighted by atomic mass is 10.2. The maximum atomic E-state index is 5.59. The summed E-state index contributed by atoms with van der Waals surface area (Å²) >= 11 is 0. The van der Waals surface area contributed by atoms with E-state index in [1.807, 2.05) is 48.5 Å². The molecule has 0 bridgehead atoms. The minimum Gasteiger partial charge on any atom is -0.378 e. The zero-order valence-corrected chi connectivity index (χ0v) is 19.4. The Hall–Kier alpha value is -4.24. The molecule has 9 nitrogen and oxygen atoms in total. The number of aromatic nitrogens is 7. The first-order valence-electron chi connectivity index (χ1n) is 11.7. The van der Waals surface area contributed by atoms with Gasteiger partial charge in [0.15, 0.2) is 28.6 Å². The highest BCUT2D eigenvalue weighted by Crippen LogP contribution is 2.31. The number of nitrogens with zero attached hydrogens (tertiary/aromatic N) is 8. The third kappa shape index (κ3) is 4.00. The number of hydrogen-bond donors (Lipinski definition) is 0. The highest BCUT2D eigenvalue weighted by Gasteiger charge is 2.24. The fourth-order valence-electron chi connectivity index (χ4n) is 4.33. The van der Waals surface area contributed by atoms with Crippen molar-refractivity contribution in [2.24, 2.45) is 0 Å². The molecule has 5 aromatic rings. The van der Waals surface area contributed by atoms with Gasteiger partial charge in [-0.15, -0.1) is 0 Å². The molecule has 1 fully saturated rings. The van der Waals surface area contributed by atoms with E-state index >= 15 is 0 Å². The van der Waals surface area contributed by atoms with E-state index in [-0.39, 0.29) is 0 Å². The quantitative estimate of drug-likeness (QED) is 0.387. The highest BCUT2D eigenvalue weighted by molar-refractivity contribution is 5.88. The number of rotatable bonds is 5. The molecule has 6 rings (SSSR count). The molecule has 4 aromatic heterocycles. The van der Waals surface area contributed by atoms with Gasteiger partial charge >= 0.3 is 0 Å². The van der Waals surface area contributed by atoms with Gasteiger partial charge in [0.05, 0.1) is 13.2 Å². The summed E-state index contributed by atoms with van der Waals surface area (Å²) in [5.41, 5.74) is 4.17. The number of imidazole rings is 1. The Balaban J connectivity index is 1.56. The van der Waals surface area contributed by atoms with Crippen LogP contribution in [0.15, 0.2) is 67.1 Å².